The van der Waals surface area contributed by atoms with Gasteiger partial charge in [-0.05, 0) is 182 Å². The maximum Gasteiger partial charge on any atom is 0.151 e. The van der Waals surface area contributed by atoms with Crippen LogP contribution in [0, 0.1) is 130 Å². The fourth-order valence-corrected chi connectivity index (χ4v) is 17.2. The molecule has 18 rings (SSSR count). The van der Waals surface area contributed by atoms with Crippen LogP contribution in [-0.2, 0) is 91.6 Å². The van der Waals surface area contributed by atoms with Gasteiger partial charge >= 0.3 is 0 Å². The summed E-state index contributed by atoms with van der Waals surface area (Å²) in [7, 11) is 0. The van der Waals surface area contributed by atoms with E-state index in [1.54, 1.807) is 25.3 Å². The number of hydrogen-bond acceptors (Lipinski definition) is 10. The maximum absolute atomic E-state index is 14.7. The van der Waals surface area contributed by atoms with Crippen molar-refractivity contribution in [2.75, 3.05) is 13.2 Å². The Labute approximate surface area is 809 Å². The molecule has 0 atom stereocenters. The first-order valence-corrected chi connectivity index (χ1v) is 42.6. The van der Waals surface area contributed by atoms with Gasteiger partial charge in [-0.25, -0.2) is 0 Å². The van der Waals surface area contributed by atoms with E-state index in [1.165, 1.54) is 38.8 Å². The zero-order chi connectivity index (χ0) is 88.0. The quantitative estimate of drug-likeness (QED) is 0.0840. The molecule has 0 amide bonds. The van der Waals surface area contributed by atoms with Crippen LogP contribution in [0.5, 0.6) is 0 Å². The van der Waals surface area contributed by atoms with Crippen LogP contribution >= 0.6 is 0 Å². The number of rotatable bonds is 16. The summed E-state index contributed by atoms with van der Waals surface area (Å²) in [4.78, 5) is 18.3. The van der Waals surface area contributed by atoms with Gasteiger partial charge in [-0.3, -0.25) is 24.3 Å². The van der Waals surface area contributed by atoms with Gasteiger partial charge in [0.2, 0.25) is 0 Å². The van der Waals surface area contributed by atoms with E-state index in [2.05, 4.69) is 282 Å². The summed E-state index contributed by atoms with van der Waals surface area (Å²) >= 11 is 0. The summed E-state index contributed by atoms with van der Waals surface area (Å²) in [5.41, 5.74) is 27.9. The molecular weight excluding hydrogens is 2310 g/mol. The van der Waals surface area contributed by atoms with E-state index < -0.39 is 0 Å². The standard InChI is InChI=1S/C39H36N3O2.C31H29N4.C20H17FN3.C19H16N3.4Ir/c1-24(2)34-20-29(31-9-7-10-33-32-8-5-6-11-36(32)44-38(31)33)21-35(25(3)4)37(34)42-23-30(22-40)41-39(42)28-14-12-26(13-15-28)27-16-18-43-19-17-27;1-21(2)18-25-9-7-10-28(22(3)4)30(25)35-20-26(19-32)33-31(35)24-12-14-27(15-13-24)34-17-16-23-8-5-6-11-29(23)34;1-12-7-6-10-16(18(12)21)20-23-17(11-22)15(4)24(20)19-13(2)8-5-9-14(19)3;1-13-9-14(2)18(15(3)10-13)22-12-17(11-20)21-19(22)16-7-5-4-6-8-16;;;;/h5-14,20-21,23-25,27H,16-19H2,1-4H3;5-12,14-17,20-22H,18H2,1-4H3;5-9H,1-4H3;4-7,9-10,12H,1-3H3;;;;/q4*-1;;;;. The van der Waals surface area contributed by atoms with Crippen LogP contribution in [0.2, 0.25) is 0 Å². The fraction of sp³-hybridized carbons (Fsp3) is 0.229. The molecule has 1 saturated heterocycles. The number of halogens is 1. The number of fused-ring (bicyclic) bond motifs is 4. The SMILES string of the molecule is CC(C)Cc1cccc(C(C)C)c1-n1cc(C#N)nc1-c1[c-]cc(-n2ccc3ccccc32)cc1.CC(C)c1cc(-c2cccc3c2oc2ccccc23)cc(C(C)C)c1-n1cc(C#N)nc1-c1[c-]cc(C2CCOCC2)cc1.Cc1cc(C)c(-n2cc(C#N)nc2-c2[c-]cccc2)c(C)c1.Cc1cc[c-]c(-c2nc(C#N)c(C)n2-c2c(C)cccc2C)c1F.[Ir].[Ir].[Ir].[Ir]. The number of hydrogen-bond donors (Lipinski definition) is 0. The average molecular weight is 2410 g/mol. The second kappa shape index (κ2) is 43.0. The van der Waals surface area contributed by atoms with Crippen LogP contribution in [0.1, 0.15) is 182 Å². The van der Waals surface area contributed by atoms with E-state index in [4.69, 9.17) is 19.1 Å². The maximum atomic E-state index is 14.7. The van der Waals surface area contributed by atoms with Crippen LogP contribution in [0.3, 0.4) is 0 Å². The van der Waals surface area contributed by atoms with Gasteiger partial charge in [-0.15, -0.1) is 119 Å². The Kier molecular flexibility index (Phi) is 32.5. The van der Waals surface area contributed by atoms with E-state index in [-0.39, 0.29) is 104 Å². The van der Waals surface area contributed by atoms with Gasteiger partial charge in [-0.2, -0.15) is 21.0 Å². The molecule has 0 N–H and O–H groups in total. The van der Waals surface area contributed by atoms with E-state index in [9.17, 15) is 25.4 Å². The summed E-state index contributed by atoms with van der Waals surface area (Å²) in [6.45, 7) is 33.2. The third-order valence-corrected chi connectivity index (χ3v) is 23.2. The van der Waals surface area contributed by atoms with E-state index in [0.717, 1.165) is 156 Å². The summed E-state index contributed by atoms with van der Waals surface area (Å²) in [5.74, 6) is 4.05. The number of furan rings is 1. The Morgan fingerprint density at radius 2 is 1.02 bits per heavy atom. The monoisotopic (exact) mass is 2410 g/mol. The molecule has 20 heteroatoms. The number of ether oxygens (including phenoxy) is 1. The smallest absolute Gasteiger partial charge is 0.151 e. The van der Waals surface area contributed by atoms with Gasteiger partial charge in [-0.1, -0.05) is 182 Å². The van der Waals surface area contributed by atoms with Gasteiger partial charge in [0.25, 0.3) is 0 Å². The molecule has 4 radical (unpaired) electrons. The minimum Gasteiger partial charge on any atom is -0.455 e. The molecule has 0 spiro atoms. The van der Waals surface area contributed by atoms with Crippen molar-refractivity contribution < 1.29 is 94.0 Å². The molecule has 0 saturated carbocycles. The van der Waals surface area contributed by atoms with Crippen molar-refractivity contribution in [2.45, 2.75) is 147 Å². The van der Waals surface area contributed by atoms with Crippen molar-refractivity contribution in [1.82, 2.24) is 42.8 Å². The number of nitrogens with zero attached hydrogens (tertiary/aromatic N) is 13. The first-order valence-electron chi connectivity index (χ1n) is 42.6. The predicted molar refractivity (Wildman–Crippen MR) is 496 cm³/mol. The van der Waals surface area contributed by atoms with Crippen molar-refractivity contribution in [2.24, 2.45) is 5.92 Å². The summed E-state index contributed by atoms with van der Waals surface area (Å²) in [6, 6.07) is 91.9. The molecule has 1 aliphatic rings. The van der Waals surface area contributed by atoms with E-state index >= 15 is 0 Å². The summed E-state index contributed by atoms with van der Waals surface area (Å²) in [5, 5.41) is 41.7. The second-order valence-corrected chi connectivity index (χ2v) is 33.6. The largest absolute Gasteiger partial charge is 0.455 e. The molecule has 15 nitrogen and oxygen atoms in total. The molecule has 0 bridgehead atoms. The minimum atomic E-state index is -0.362. The number of benzene rings is 11. The molecular formula is C109H98FIr4N13O2-4. The Bertz CT molecular complexity index is 6980. The van der Waals surface area contributed by atoms with Crippen LogP contribution < -0.4 is 0 Å². The van der Waals surface area contributed by atoms with Gasteiger partial charge in [0.05, 0.1) is 23.3 Å². The Hall–Kier alpha value is -12.0. The molecule has 11 aromatic carbocycles. The van der Waals surface area contributed by atoms with Crippen molar-refractivity contribution >= 4 is 32.8 Å². The number of para-hydroxylation sites is 5. The molecule has 129 heavy (non-hydrogen) atoms. The first-order chi connectivity index (χ1) is 60.4. The van der Waals surface area contributed by atoms with Gasteiger partial charge in [0, 0.05) is 175 Å². The van der Waals surface area contributed by atoms with Gasteiger partial charge < -0.3 is 32.0 Å². The Morgan fingerprint density at radius 3 is 1.60 bits per heavy atom. The van der Waals surface area contributed by atoms with Crippen LogP contribution in [-0.4, -0.2) is 56.0 Å². The number of aryl methyl sites for hydroxylation is 6. The molecule has 7 heterocycles. The van der Waals surface area contributed by atoms with Gasteiger partial charge in [0.1, 0.15) is 52.5 Å². The van der Waals surface area contributed by atoms with Crippen molar-refractivity contribution in [3.05, 3.63) is 351 Å². The Balaban J connectivity index is 0.000000171. The summed E-state index contributed by atoms with van der Waals surface area (Å²) < 4.78 is 36.9. The molecule has 6 aromatic heterocycles. The van der Waals surface area contributed by atoms with Crippen LogP contribution in [0.25, 0.3) is 118 Å². The zero-order valence-electron chi connectivity index (χ0n) is 74.7. The van der Waals surface area contributed by atoms with Crippen molar-refractivity contribution in [1.29, 1.82) is 21.0 Å². The molecule has 0 unspecified atom stereocenters. The van der Waals surface area contributed by atoms with Crippen molar-refractivity contribution in [3.63, 3.8) is 0 Å². The van der Waals surface area contributed by atoms with Gasteiger partial charge in [0.15, 0.2) is 5.69 Å². The Morgan fingerprint density at radius 1 is 0.465 bits per heavy atom. The minimum absolute atomic E-state index is 0. The third kappa shape index (κ3) is 20.5. The van der Waals surface area contributed by atoms with Crippen LogP contribution in [0.4, 0.5) is 4.39 Å². The molecule has 0 aliphatic carbocycles. The van der Waals surface area contributed by atoms with Crippen molar-refractivity contribution in [3.8, 4) is 109 Å². The molecule has 1 fully saturated rings. The number of imidazole rings is 4. The first kappa shape index (κ1) is 97.7. The van der Waals surface area contributed by atoms with E-state index in [1.807, 2.05) is 109 Å². The van der Waals surface area contributed by atoms with E-state index in [0.29, 0.717) is 57.6 Å². The molecule has 1 aliphatic heterocycles. The fourth-order valence-electron chi connectivity index (χ4n) is 17.2. The molecule has 17 aromatic rings. The molecule has 658 valence electrons. The second-order valence-electron chi connectivity index (χ2n) is 33.6. The van der Waals surface area contributed by atoms with Crippen LogP contribution in [0.15, 0.2) is 235 Å². The zero-order valence-corrected chi connectivity index (χ0v) is 84.3. The summed E-state index contributed by atoms with van der Waals surface area (Å²) in [6.07, 6.45) is 10.6. The average Bonchev–Trinajstić information content (AvgIpc) is 1.67. The number of nitriles is 4. The normalized spacial score (nSPS) is 11.7. The number of aromatic nitrogens is 9. The predicted octanol–water partition coefficient (Wildman–Crippen LogP) is 26.1. The topological polar surface area (TPSA) is 194 Å². The third-order valence-electron chi connectivity index (χ3n) is 23.2.